The summed E-state index contributed by atoms with van der Waals surface area (Å²) in [6, 6.07) is 26.5. The molecule has 2 heterocycles. The second kappa shape index (κ2) is 7.84. The van der Waals surface area contributed by atoms with Crippen molar-refractivity contribution in [2.45, 2.75) is 6.42 Å². The predicted octanol–water partition coefficient (Wildman–Crippen LogP) is 4.32. The van der Waals surface area contributed by atoms with Crippen LogP contribution in [0.3, 0.4) is 0 Å². The van der Waals surface area contributed by atoms with Crippen LogP contribution < -0.4 is 10.9 Å². The molecule has 0 aliphatic rings. The highest BCUT2D eigenvalue weighted by molar-refractivity contribution is 6.03. The van der Waals surface area contributed by atoms with E-state index >= 15 is 0 Å². The van der Waals surface area contributed by atoms with Gasteiger partial charge in [0.1, 0.15) is 0 Å². The van der Waals surface area contributed by atoms with Gasteiger partial charge in [0.25, 0.3) is 5.56 Å². The van der Waals surface area contributed by atoms with Crippen LogP contribution in [0, 0.1) is 0 Å². The van der Waals surface area contributed by atoms with E-state index in [0.29, 0.717) is 22.2 Å². The molecular formula is C25H18N4O2. The molecule has 0 fully saturated rings. The molecule has 0 radical (unpaired) electrons. The lowest BCUT2D eigenvalue weighted by atomic mass is 10.1. The fourth-order valence-electron chi connectivity index (χ4n) is 3.69. The van der Waals surface area contributed by atoms with Gasteiger partial charge in [0.15, 0.2) is 0 Å². The number of hydrogen-bond donors (Lipinski definition) is 2. The number of para-hydroxylation sites is 1. The van der Waals surface area contributed by atoms with Crippen LogP contribution in [-0.4, -0.2) is 21.1 Å². The molecule has 0 unspecified atom stereocenters. The highest BCUT2D eigenvalue weighted by atomic mass is 16.1. The number of H-pyrrole nitrogens is 1. The molecule has 6 nitrogen and oxygen atoms in total. The molecule has 31 heavy (non-hydrogen) atoms. The minimum Gasteiger partial charge on any atom is -0.325 e. The van der Waals surface area contributed by atoms with Gasteiger partial charge in [0.2, 0.25) is 5.91 Å². The maximum atomic E-state index is 12.9. The van der Waals surface area contributed by atoms with Gasteiger partial charge >= 0.3 is 0 Å². The summed E-state index contributed by atoms with van der Waals surface area (Å²) in [5.41, 5.74) is 3.48. The van der Waals surface area contributed by atoms with E-state index in [1.54, 1.807) is 18.2 Å². The molecule has 0 saturated carbocycles. The fourth-order valence-corrected chi connectivity index (χ4v) is 3.69. The minimum absolute atomic E-state index is 0.0363. The van der Waals surface area contributed by atoms with E-state index in [0.717, 1.165) is 22.2 Å². The normalized spacial score (nSPS) is 11.0. The van der Waals surface area contributed by atoms with E-state index < -0.39 is 0 Å². The van der Waals surface area contributed by atoms with Gasteiger partial charge in [-0.1, -0.05) is 66.7 Å². The molecular weight excluding hydrogens is 388 g/mol. The standard InChI is InChI=1S/C25H18N4O2/c30-24(15-23-17-10-4-5-11-18(17)25(31)29-28-23)27-22-14-21(16-8-2-1-3-9-16)26-20-13-7-6-12-19(20)22/h1-14H,15H2,(H,29,31)(H,26,27,30). The first kappa shape index (κ1) is 18.7. The largest absolute Gasteiger partial charge is 0.325 e. The molecule has 2 N–H and O–H groups in total. The summed E-state index contributed by atoms with van der Waals surface area (Å²) >= 11 is 0. The molecule has 0 bridgehead atoms. The molecule has 5 aromatic rings. The van der Waals surface area contributed by atoms with Crippen LogP contribution in [0.15, 0.2) is 89.7 Å². The quantitative estimate of drug-likeness (QED) is 0.465. The Hall–Kier alpha value is -4.32. The van der Waals surface area contributed by atoms with Crippen LogP contribution in [0.4, 0.5) is 5.69 Å². The zero-order chi connectivity index (χ0) is 21.2. The Balaban J connectivity index is 1.51. The van der Waals surface area contributed by atoms with Gasteiger partial charge in [-0.05, 0) is 18.2 Å². The van der Waals surface area contributed by atoms with Crippen LogP contribution in [0.25, 0.3) is 32.9 Å². The molecule has 3 aromatic carbocycles. The van der Waals surface area contributed by atoms with Gasteiger partial charge in [-0.25, -0.2) is 10.1 Å². The first-order valence-corrected chi connectivity index (χ1v) is 9.90. The Morgan fingerprint density at radius 1 is 0.839 bits per heavy atom. The molecule has 6 heteroatoms. The predicted molar refractivity (Wildman–Crippen MR) is 122 cm³/mol. The average molecular weight is 406 g/mol. The number of aromatic nitrogens is 3. The first-order chi connectivity index (χ1) is 15.2. The molecule has 1 amide bonds. The van der Waals surface area contributed by atoms with Crippen molar-refractivity contribution in [2.75, 3.05) is 5.32 Å². The van der Waals surface area contributed by atoms with Crippen LogP contribution in [0.1, 0.15) is 5.69 Å². The zero-order valence-electron chi connectivity index (χ0n) is 16.5. The monoisotopic (exact) mass is 406 g/mol. The highest BCUT2D eigenvalue weighted by Gasteiger charge is 2.14. The van der Waals surface area contributed by atoms with Gasteiger partial charge in [-0.3, -0.25) is 9.59 Å². The summed E-state index contributed by atoms with van der Waals surface area (Å²) in [5, 5.41) is 11.6. The number of hydrogen-bond acceptors (Lipinski definition) is 4. The summed E-state index contributed by atoms with van der Waals surface area (Å²) in [6.07, 6.45) is 0.0363. The van der Waals surface area contributed by atoms with Crippen molar-refractivity contribution < 1.29 is 4.79 Å². The maximum Gasteiger partial charge on any atom is 0.272 e. The third-order valence-corrected chi connectivity index (χ3v) is 5.16. The minimum atomic E-state index is -0.271. The Morgan fingerprint density at radius 2 is 1.52 bits per heavy atom. The van der Waals surface area contributed by atoms with Gasteiger partial charge in [0.05, 0.1) is 34.4 Å². The number of aromatic amines is 1. The number of benzene rings is 3. The van der Waals surface area contributed by atoms with Crippen molar-refractivity contribution in [1.82, 2.24) is 15.2 Å². The van der Waals surface area contributed by atoms with Crippen molar-refractivity contribution >= 4 is 33.3 Å². The second-order valence-electron chi connectivity index (χ2n) is 7.21. The molecule has 5 rings (SSSR count). The van der Waals surface area contributed by atoms with Crippen molar-refractivity contribution in [3.8, 4) is 11.3 Å². The van der Waals surface area contributed by atoms with Crippen LogP contribution in [0.2, 0.25) is 0 Å². The number of carbonyl (C=O) groups excluding carboxylic acids is 1. The summed E-state index contributed by atoms with van der Waals surface area (Å²) in [6.45, 7) is 0. The van der Waals surface area contributed by atoms with Crippen molar-refractivity contribution in [3.05, 3.63) is 101 Å². The number of pyridine rings is 1. The summed E-state index contributed by atoms with van der Waals surface area (Å²) in [5.74, 6) is -0.222. The van der Waals surface area contributed by atoms with E-state index in [1.807, 2.05) is 66.7 Å². The lowest BCUT2D eigenvalue weighted by molar-refractivity contribution is -0.115. The molecule has 0 spiro atoms. The van der Waals surface area contributed by atoms with E-state index in [-0.39, 0.29) is 17.9 Å². The Kier molecular flexibility index (Phi) is 4.72. The maximum absolute atomic E-state index is 12.9. The molecule has 0 aliphatic carbocycles. The number of anilines is 1. The van der Waals surface area contributed by atoms with E-state index in [4.69, 9.17) is 4.98 Å². The Labute approximate surface area is 177 Å². The zero-order valence-corrected chi connectivity index (χ0v) is 16.5. The molecule has 0 atom stereocenters. The lowest BCUT2D eigenvalue weighted by Crippen LogP contribution is -2.18. The Bertz CT molecular complexity index is 1480. The number of nitrogens with zero attached hydrogens (tertiary/aromatic N) is 2. The van der Waals surface area contributed by atoms with Crippen molar-refractivity contribution in [2.24, 2.45) is 0 Å². The average Bonchev–Trinajstić information content (AvgIpc) is 2.81. The molecule has 150 valence electrons. The number of carbonyl (C=O) groups is 1. The SMILES string of the molecule is O=C(Cc1n[nH]c(=O)c2ccccc12)Nc1cc(-c2ccccc2)nc2ccccc12. The van der Waals surface area contributed by atoms with Gasteiger partial charge in [-0.15, -0.1) is 0 Å². The molecule has 0 saturated heterocycles. The summed E-state index contributed by atoms with van der Waals surface area (Å²) < 4.78 is 0. The first-order valence-electron chi connectivity index (χ1n) is 9.90. The van der Waals surface area contributed by atoms with Gasteiger partial charge in [-0.2, -0.15) is 5.10 Å². The number of nitrogens with one attached hydrogen (secondary N) is 2. The second-order valence-corrected chi connectivity index (χ2v) is 7.21. The third kappa shape index (κ3) is 3.67. The fraction of sp³-hybridized carbons (Fsp3) is 0.0400. The smallest absolute Gasteiger partial charge is 0.272 e. The molecule has 2 aromatic heterocycles. The highest BCUT2D eigenvalue weighted by Crippen LogP contribution is 2.28. The number of fused-ring (bicyclic) bond motifs is 2. The van der Waals surface area contributed by atoms with Gasteiger partial charge < -0.3 is 5.32 Å². The lowest BCUT2D eigenvalue weighted by Gasteiger charge is -2.12. The van der Waals surface area contributed by atoms with E-state index in [9.17, 15) is 9.59 Å². The topological polar surface area (TPSA) is 87.7 Å². The Morgan fingerprint density at radius 3 is 2.32 bits per heavy atom. The van der Waals surface area contributed by atoms with Crippen LogP contribution in [-0.2, 0) is 11.2 Å². The van der Waals surface area contributed by atoms with Crippen LogP contribution in [0.5, 0.6) is 0 Å². The van der Waals surface area contributed by atoms with E-state index in [2.05, 4.69) is 15.5 Å². The van der Waals surface area contributed by atoms with E-state index in [1.165, 1.54) is 0 Å². The number of amides is 1. The van der Waals surface area contributed by atoms with Gasteiger partial charge in [0, 0.05) is 16.3 Å². The number of rotatable bonds is 4. The van der Waals surface area contributed by atoms with Crippen molar-refractivity contribution in [3.63, 3.8) is 0 Å². The van der Waals surface area contributed by atoms with Crippen LogP contribution >= 0.6 is 0 Å². The summed E-state index contributed by atoms with van der Waals surface area (Å²) in [4.78, 5) is 29.7. The third-order valence-electron chi connectivity index (χ3n) is 5.16. The van der Waals surface area contributed by atoms with Crippen molar-refractivity contribution in [1.29, 1.82) is 0 Å². The summed E-state index contributed by atoms with van der Waals surface area (Å²) in [7, 11) is 0. The molecule has 0 aliphatic heterocycles.